The third-order valence-corrected chi connectivity index (χ3v) is 3.96. The van der Waals surface area contributed by atoms with E-state index in [4.69, 9.17) is 0 Å². The number of aryl methyl sites for hydroxylation is 2. The molecule has 1 heterocycles. The molecule has 1 aromatic heterocycles. The van der Waals surface area contributed by atoms with Crippen LogP contribution < -0.4 is 10.6 Å². The smallest absolute Gasteiger partial charge is 0.251 e. The zero-order valence-corrected chi connectivity index (χ0v) is 15.0. The molecule has 0 aliphatic rings. The summed E-state index contributed by atoms with van der Waals surface area (Å²) in [4.78, 5) is 16.3. The molecule has 2 N–H and O–H groups in total. The minimum atomic E-state index is -0.0416. The highest BCUT2D eigenvalue weighted by molar-refractivity contribution is 5.94. The number of aromatic nitrogens is 1. The largest absolute Gasteiger partial charge is 0.380 e. The van der Waals surface area contributed by atoms with Gasteiger partial charge in [0.25, 0.3) is 5.91 Å². The standard InChI is InChI=1S/C20H24N4O/c1-4-5-10-22-20(25)17-8-6-16(7-9-17)13-23-19-11-14(2)24-15(3)18(19)12-21/h6-9,11H,4-5,10,13H2,1-3H3,(H,22,25)(H,23,24). The van der Waals surface area contributed by atoms with Crippen molar-refractivity contribution in [3.8, 4) is 6.07 Å². The van der Waals surface area contributed by atoms with E-state index in [9.17, 15) is 10.1 Å². The van der Waals surface area contributed by atoms with E-state index in [0.717, 1.165) is 35.5 Å². The molecule has 0 fully saturated rings. The fourth-order valence-corrected chi connectivity index (χ4v) is 2.56. The SMILES string of the molecule is CCCCNC(=O)c1ccc(CNc2cc(C)nc(C)c2C#N)cc1. The number of anilines is 1. The van der Waals surface area contributed by atoms with Crippen LogP contribution >= 0.6 is 0 Å². The van der Waals surface area contributed by atoms with Crippen molar-refractivity contribution in [1.29, 1.82) is 5.26 Å². The van der Waals surface area contributed by atoms with E-state index in [1.807, 2.05) is 44.2 Å². The van der Waals surface area contributed by atoms with E-state index in [0.29, 0.717) is 24.2 Å². The summed E-state index contributed by atoms with van der Waals surface area (Å²) in [6.45, 7) is 7.12. The van der Waals surface area contributed by atoms with E-state index in [1.165, 1.54) is 0 Å². The maximum atomic E-state index is 12.0. The van der Waals surface area contributed by atoms with Gasteiger partial charge in [0.1, 0.15) is 6.07 Å². The Morgan fingerprint density at radius 3 is 2.60 bits per heavy atom. The molecule has 5 heteroatoms. The Morgan fingerprint density at radius 2 is 1.96 bits per heavy atom. The number of nitrogens with zero attached hydrogens (tertiary/aromatic N) is 2. The molecular formula is C20H24N4O. The third kappa shape index (κ3) is 5.05. The number of nitriles is 1. The highest BCUT2D eigenvalue weighted by atomic mass is 16.1. The average Bonchev–Trinajstić information content (AvgIpc) is 2.60. The maximum absolute atomic E-state index is 12.0. The summed E-state index contributed by atoms with van der Waals surface area (Å²) in [6.07, 6.45) is 2.04. The summed E-state index contributed by atoms with van der Waals surface area (Å²) in [6, 6.07) is 11.6. The average molecular weight is 336 g/mol. The molecule has 0 saturated heterocycles. The fourth-order valence-electron chi connectivity index (χ4n) is 2.56. The van der Waals surface area contributed by atoms with Crippen molar-refractivity contribution in [2.24, 2.45) is 0 Å². The van der Waals surface area contributed by atoms with E-state index < -0.39 is 0 Å². The Bertz CT molecular complexity index is 776. The first-order chi connectivity index (χ1) is 12.0. The molecule has 0 bridgehead atoms. The van der Waals surface area contributed by atoms with Crippen molar-refractivity contribution >= 4 is 11.6 Å². The predicted molar refractivity (Wildman–Crippen MR) is 99.4 cm³/mol. The number of amides is 1. The summed E-state index contributed by atoms with van der Waals surface area (Å²) >= 11 is 0. The van der Waals surface area contributed by atoms with Gasteiger partial charge in [0.2, 0.25) is 0 Å². The highest BCUT2D eigenvalue weighted by Gasteiger charge is 2.08. The minimum absolute atomic E-state index is 0.0416. The number of benzene rings is 1. The second-order valence-corrected chi connectivity index (χ2v) is 6.04. The Labute approximate surface area is 149 Å². The highest BCUT2D eigenvalue weighted by Crippen LogP contribution is 2.19. The van der Waals surface area contributed by atoms with Crippen LogP contribution in [-0.4, -0.2) is 17.4 Å². The van der Waals surface area contributed by atoms with Crippen LogP contribution in [0.1, 0.15) is 52.6 Å². The maximum Gasteiger partial charge on any atom is 0.251 e. The molecule has 0 atom stereocenters. The summed E-state index contributed by atoms with van der Waals surface area (Å²) in [7, 11) is 0. The lowest BCUT2D eigenvalue weighted by molar-refractivity contribution is 0.0953. The fraction of sp³-hybridized carbons (Fsp3) is 0.350. The normalized spacial score (nSPS) is 10.2. The number of unbranched alkanes of at least 4 members (excludes halogenated alkanes) is 1. The Hall–Kier alpha value is -2.87. The molecular weight excluding hydrogens is 312 g/mol. The summed E-state index contributed by atoms with van der Waals surface area (Å²) in [5.74, 6) is -0.0416. The van der Waals surface area contributed by atoms with Crippen molar-refractivity contribution in [2.75, 3.05) is 11.9 Å². The molecule has 0 saturated carbocycles. The number of nitrogens with one attached hydrogen (secondary N) is 2. The van der Waals surface area contributed by atoms with Crippen LogP contribution in [0.5, 0.6) is 0 Å². The predicted octanol–water partition coefficient (Wildman–Crippen LogP) is 3.71. The zero-order chi connectivity index (χ0) is 18.2. The first-order valence-corrected chi connectivity index (χ1v) is 8.54. The van der Waals surface area contributed by atoms with Gasteiger partial charge in [-0.05, 0) is 44.0 Å². The Balaban J connectivity index is 2.01. The van der Waals surface area contributed by atoms with E-state index >= 15 is 0 Å². The first kappa shape index (κ1) is 18.5. The van der Waals surface area contributed by atoms with Gasteiger partial charge in [-0.25, -0.2) is 0 Å². The van der Waals surface area contributed by atoms with Gasteiger partial charge in [0.15, 0.2) is 0 Å². The molecule has 2 rings (SSSR count). The van der Waals surface area contributed by atoms with Crippen LogP contribution in [0.4, 0.5) is 5.69 Å². The summed E-state index contributed by atoms with van der Waals surface area (Å²) in [5, 5.41) is 15.5. The molecule has 0 aliphatic carbocycles. The Kier molecular flexibility index (Phi) is 6.53. The lowest BCUT2D eigenvalue weighted by Gasteiger charge is -2.11. The number of carbonyl (C=O) groups is 1. The summed E-state index contributed by atoms with van der Waals surface area (Å²) in [5.41, 5.74) is 4.66. The van der Waals surface area contributed by atoms with Crippen LogP contribution in [-0.2, 0) is 6.54 Å². The molecule has 25 heavy (non-hydrogen) atoms. The van der Waals surface area contributed by atoms with Gasteiger partial charge in [0, 0.05) is 24.3 Å². The van der Waals surface area contributed by atoms with Gasteiger partial charge in [-0.2, -0.15) is 5.26 Å². The number of hydrogen-bond acceptors (Lipinski definition) is 4. The molecule has 0 radical (unpaired) electrons. The van der Waals surface area contributed by atoms with Crippen LogP contribution in [0.25, 0.3) is 0 Å². The van der Waals surface area contributed by atoms with Gasteiger partial charge < -0.3 is 10.6 Å². The van der Waals surface area contributed by atoms with Crippen LogP contribution in [0.3, 0.4) is 0 Å². The number of carbonyl (C=O) groups excluding carboxylic acids is 1. The molecule has 5 nitrogen and oxygen atoms in total. The number of pyridine rings is 1. The molecule has 0 aliphatic heterocycles. The molecule has 1 aromatic carbocycles. The third-order valence-electron chi connectivity index (χ3n) is 3.96. The van der Waals surface area contributed by atoms with Crippen molar-refractivity contribution in [3.63, 3.8) is 0 Å². The van der Waals surface area contributed by atoms with E-state index in [-0.39, 0.29) is 5.91 Å². The topological polar surface area (TPSA) is 77.8 Å². The van der Waals surface area contributed by atoms with Crippen LogP contribution in [0, 0.1) is 25.2 Å². The van der Waals surface area contributed by atoms with E-state index in [2.05, 4.69) is 28.6 Å². The molecule has 1 amide bonds. The van der Waals surface area contributed by atoms with Crippen molar-refractivity contribution in [1.82, 2.24) is 10.3 Å². The molecule has 0 unspecified atom stereocenters. The monoisotopic (exact) mass is 336 g/mol. The zero-order valence-electron chi connectivity index (χ0n) is 15.0. The summed E-state index contributed by atoms with van der Waals surface area (Å²) < 4.78 is 0. The van der Waals surface area contributed by atoms with Gasteiger partial charge in [0.05, 0.1) is 16.9 Å². The number of rotatable bonds is 7. The van der Waals surface area contributed by atoms with Gasteiger partial charge in [-0.1, -0.05) is 25.5 Å². The molecule has 0 spiro atoms. The van der Waals surface area contributed by atoms with Crippen molar-refractivity contribution in [2.45, 2.75) is 40.2 Å². The van der Waals surface area contributed by atoms with Crippen LogP contribution in [0.15, 0.2) is 30.3 Å². The van der Waals surface area contributed by atoms with E-state index in [1.54, 1.807) is 0 Å². The van der Waals surface area contributed by atoms with Gasteiger partial charge in [-0.3, -0.25) is 9.78 Å². The minimum Gasteiger partial charge on any atom is -0.380 e. The van der Waals surface area contributed by atoms with Crippen LogP contribution in [0.2, 0.25) is 0 Å². The van der Waals surface area contributed by atoms with Gasteiger partial charge >= 0.3 is 0 Å². The molecule has 2 aromatic rings. The number of hydrogen-bond donors (Lipinski definition) is 2. The van der Waals surface area contributed by atoms with Gasteiger partial charge in [-0.15, -0.1) is 0 Å². The lowest BCUT2D eigenvalue weighted by Crippen LogP contribution is -2.24. The second-order valence-electron chi connectivity index (χ2n) is 6.04. The quantitative estimate of drug-likeness (QED) is 0.756. The second kappa shape index (κ2) is 8.84. The van der Waals surface area contributed by atoms with Crippen molar-refractivity contribution < 1.29 is 4.79 Å². The molecule has 130 valence electrons. The Morgan fingerprint density at radius 1 is 1.24 bits per heavy atom. The first-order valence-electron chi connectivity index (χ1n) is 8.54. The lowest BCUT2D eigenvalue weighted by atomic mass is 10.1. The van der Waals surface area contributed by atoms with Crippen molar-refractivity contribution in [3.05, 3.63) is 58.4 Å².